The van der Waals surface area contributed by atoms with Gasteiger partial charge >= 0.3 is 0 Å². The van der Waals surface area contributed by atoms with E-state index in [1.165, 1.54) is 18.4 Å². The molecule has 0 bridgehead atoms. The third kappa shape index (κ3) is 4.22. The number of nitrogens with one attached hydrogen (secondary N) is 1. The van der Waals surface area contributed by atoms with Gasteiger partial charge in [-0.2, -0.15) is 5.10 Å². The normalized spacial score (nSPS) is 20.2. The Labute approximate surface area is 217 Å². The van der Waals surface area contributed by atoms with Crippen molar-refractivity contribution in [2.75, 3.05) is 44.2 Å². The molecule has 7 rings (SSSR count). The van der Waals surface area contributed by atoms with Gasteiger partial charge in [0, 0.05) is 78.6 Å². The maximum absolute atomic E-state index is 6.00. The van der Waals surface area contributed by atoms with Gasteiger partial charge in [0.1, 0.15) is 11.5 Å². The second-order valence-electron chi connectivity index (χ2n) is 11.0. The summed E-state index contributed by atoms with van der Waals surface area (Å²) in [5, 5.41) is 5.87. The van der Waals surface area contributed by atoms with Crippen LogP contribution in [0.2, 0.25) is 0 Å². The molecular formula is C29H35N7O. The van der Waals surface area contributed by atoms with Crippen LogP contribution in [0.25, 0.3) is 33.3 Å². The summed E-state index contributed by atoms with van der Waals surface area (Å²) in [5.74, 6) is 1.08. The highest BCUT2D eigenvalue weighted by Crippen LogP contribution is 2.43. The highest BCUT2D eigenvalue weighted by molar-refractivity contribution is 5.95. The minimum atomic E-state index is 0.0886. The van der Waals surface area contributed by atoms with Crippen molar-refractivity contribution in [2.45, 2.75) is 51.2 Å². The monoisotopic (exact) mass is 497 g/mol. The van der Waals surface area contributed by atoms with Crippen LogP contribution in [0.15, 0.2) is 43.1 Å². The Balaban J connectivity index is 1.15. The predicted octanol–water partition coefficient (Wildman–Crippen LogP) is 4.82. The lowest BCUT2D eigenvalue weighted by Crippen LogP contribution is -2.44. The maximum atomic E-state index is 6.00. The Morgan fingerprint density at radius 2 is 1.84 bits per heavy atom. The highest BCUT2D eigenvalue weighted by atomic mass is 16.5. The van der Waals surface area contributed by atoms with Crippen LogP contribution in [0.1, 0.15) is 44.2 Å². The molecule has 0 aromatic carbocycles. The van der Waals surface area contributed by atoms with Crippen molar-refractivity contribution in [2.24, 2.45) is 0 Å². The molecule has 192 valence electrons. The fourth-order valence-electron chi connectivity index (χ4n) is 6.10. The number of hydrogen-bond acceptors (Lipinski definition) is 6. The molecule has 37 heavy (non-hydrogen) atoms. The number of aromatic nitrogens is 5. The third-order valence-corrected chi connectivity index (χ3v) is 8.56. The number of ether oxygens (including phenoxy) is 1. The van der Waals surface area contributed by atoms with Crippen molar-refractivity contribution in [3.63, 3.8) is 0 Å². The molecule has 2 aliphatic heterocycles. The molecule has 2 saturated heterocycles. The number of aryl methyl sites for hydroxylation is 1. The van der Waals surface area contributed by atoms with Crippen LogP contribution in [-0.2, 0) is 4.74 Å². The number of hydrogen-bond donors (Lipinski definition) is 1. The van der Waals surface area contributed by atoms with Crippen molar-refractivity contribution in [1.29, 1.82) is 0 Å². The number of H-pyrrole nitrogens is 1. The minimum Gasteiger partial charge on any atom is -0.371 e. The number of piperidine rings is 1. The second-order valence-corrected chi connectivity index (χ2v) is 11.0. The number of pyridine rings is 2. The van der Waals surface area contributed by atoms with Gasteiger partial charge in [0.15, 0.2) is 0 Å². The molecule has 8 heteroatoms. The molecule has 6 heterocycles. The van der Waals surface area contributed by atoms with Crippen LogP contribution in [0, 0.1) is 6.92 Å². The van der Waals surface area contributed by atoms with Gasteiger partial charge in [-0.1, -0.05) is 6.92 Å². The molecule has 0 radical (unpaired) electrons. The average molecular weight is 498 g/mol. The Kier molecular flexibility index (Phi) is 5.55. The Morgan fingerprint density at radius 1 is 1.03 bits per heavy atom. The molecule has 3 fully saturated rings. The Bertz CT molecular complexity index is 1430. The predicted molar refractivity (Wildman–Crippen MR) is 146 cm³/mol. The zero-order valence-electron chi connectivity index (χ0n) is 21.8. The van der Waals surface area contributed by atoms with Crippen molar-refractivity contribution in [3.05, 3.63) is 48.7 Å². The number of nitrogens with zero attached hydrogens (tertiary/aromatic N) is 6. The van der Waals surface area contributed by atoms with Crippen molar-refractivity contribution >= 4 is 16.9 Å². The molecule has 0 unspecified atom stereocenters. The van der Waals surface area contributed by atoms with Crippen molar-refractivity contribution in [1.82, 2.24) is 29.6 Å². The van der Waals surface area contributed by atoms with E-state index in [1.807, 2.05) is 18.6 Å². The van der Waals surface area contributed by atoms with E-state index in [-0.39, 0.29) is 5.60 Å². The lowest BCUT2D eigenvalue weighted by Gasteiger charge is -2.34. The van der Waals surface area contributed by atoms with E-state index < -0.39 is 0 Å². The quantitative estimate of drug-likeness (QED) is 0.426. The van der Waals surface area contributed by atoms with Crippen LogP contribution in [0.5, 0.6) is 0 Å². The molecular weight excluding hydrogens is 462 g/mol. The Hall–Kier alpha value is -3.23. The molecule has 1 spiro atoms. The Morgan fingerprint density at radius 3 is 2.62 bits per heavy atom. The smallest absolute Gasteiger partial charge is 0.137 e. The summed E-state index contributed by atoms with van der Waals surface area (Å²) in [6.07, 6.45) is 14.8. The molecule has 4 aromatic rings. The van der Waals surface area contributed by atoms with E-state index in [0.717, 1.165) is 91.3 Å². The van der Waals surface area contributed by atoms with E-state index in [2.05, 4.69) is 57.8 Å². The van der Waals surface area contributed by atoms with Gasteiger partial charge in [0.05, 0.1) is 24.4 Å². The number of morpholine rings is 1. The summed E-state index contributed by atoms with van der Waals surface area (Å²) in [4.78, 5) is 17.9. The van der Waals surface area contributed by atoms with Crippen molar-refractivity contribution < 1.29 is 4.74 Å². The zero-order chi connectivity index (χ0) is 25.0. The number of fused-ring (bicyclic) bond motifs is 1. The number of aromatic amines is 1. The molecule has 0 atom stereocenters. The summed E-state index contributed by atoms with van der Waals surface area (Å²) >= 11 is 0. The van der Waals surface area contributed by atoms with E-state index in [9.17, 15) is 0 Å². The lowest BCUT2D eigenvalue weighted by molar-refractivity contribution is 0.0203. The summed E-state index contributed by atoms with van der Waals surface area (Å²) in [7, 11) is 0. The summed E-state index contributed by atoms with van der Waals surface area (Å²) in [6.45, 7) is 10.5. The standard InChI is InChI=1S/C29H35N7O/c1-3-34-8-4-24(5-9-34)36-18-23(16-33-36)26-17-31-27-25(26)13-22(14-30-27)21-12-20(2)28(32-15-21)35-10-11-37-29(19-35)6-7-29/h12-18,24H,3-11,19H2,1-2H3,(H,30,31). The van der Waals surface area contributed by atoms with Gasteiger partial charge in [0.25, 0.3) is 0 Å². The zero-order valence-corrected chi connectivity index (χ0v) is 21.8. The van der Waals surface area contributed by atoms with Gasteiger partial charge in [-0.15, -0.1) is 0 Å². The van der Waals surface area contributed by atoms with E-state index in [4.69, 9.17) is 19.8 Å². The fraction of sp³-hybridized carbons (Fsp3) is 0.483. The molecule has 1 aliphatic carbocycles. The van der Waals surface area contributed by atoms with Crippen LogP contribution >= 0.6 is 0 Å². The van der Waals surface area contributed by atoms with Crippen LogP contribution < -0.4 is 4.90 Å². The topological polar surface area (TPSA) is 75.1 Å². The highest BCUT2D eigenvalue weighted by Gasteiger charge is 2.47. The first-order valence-corrected chi connectivity index (χ1v) is 13.7. The third-order valence-electron chi connectivity index (χ3n) is 8.56. The fourth-order valence-corrected chi connectivity index (χ4v) is 6.10. The molecule has 4 aromatic heterocycles. The van der Waals surface area contributed by atoms with Gasteiger partial charge in [0.2, 0.25) is 0 Å². The molecule has 1 N–H and O–H groups in total. The van der Waals surface area contributed by atoms with Crippen molar-refractivity contribution in [3.8, 4) is 22.3 Å². The number of rotatable bonds is 5. The van der Waals surface area contributed by atoms with Crippen LogP contribution in [-0.4, -0.2) is 74.6 Å². The minimum absolute atomic E-state index is 0.0886. The lowest BCUT2D eigenvalue weighted by atomic mass is 10.0. The van der Waals surface area contributed by atoms with E-state index >= 15 is 0 Å². The number of likely N-dealkylation sites (tertiary alicyclic amines) is 1. The van der Waals surface area contributed by atoms with E-state index in [0.29, 0.717) is 6.04 Å². The van der Waals surface area contributed by atoms with Gasteiger partial charge < -0.3 is 19.5 Å². The maximum Gasteiger partial charge on any atom is 0.137 e. The van der Waals surface area contributed by atoms with Gasteiger partial charge in [-0.05, 0) is 56.8 Å². The largest absolute Gasteiger partial charge is 0.371 e. The molecule has 1 saturated carbocycles. The first kappa shape index (κ1) is 22.9. The second kappa shape index (κ2) is 8.96. The van der Waals surface area contributed by atoms with Gasteiger partial charge in [-0.25, -0.2) is 9.97 Å². The summed E-state index contributed by atoms with van der Waals surface area (Å²) < 4.78 is 8.17. The first-order valence-electron chi connectivity index (χ1n) is 13.7. The SMILES string of the molecule is CCN1CCC(n2cc(-c3c[nH]c4ncc(-c5cnc(N6CCOC7(CC7)C6)c(C)c5)cc34)cn2)CC1. The molecule has 8 nitrogen and oxygen atoms in total. The van der Waals surface area contributed by atoms with Crippen LogP contribution in [0.4, 0.5) is 5.82 Å². The van der Waals surface area contributed by atoms with Gasteiger partial charge in [-0.3, -0.25) is 4.68 Å². The summed E-state index contributed by atoms with van der Waals surface area (Å²) in [5.41, 5.74) is 6.63. The van der Waals surface area contributed by atoms with Crippen LogP contribution in [0.3, 0.4) is 0 Å². The first-order chi connectivity index (χ1) is 18.1. The summed E-state index contributed by atoms with van der Waals surface area (Å²) in [6, 6.07) is 4.95. The number of anilines is 1. The van der Waals surface area contributed by atoms with E-state index in [1.54, 1.807) is 0 Å². The molecule has 0 amide bonds. The average Bonchev–Trinajstić information content (AvgIpc) is 3.31. The molecule has 3 aliphatic rings.